The smallest absolute Gasteiger partial charge is 0.328 e. The zero-order valence-electron chi connectivity index (χ0n) is 10.1. The number of rotatable bonds is 3. The number of aliphatic carboxylic acids is 1. The first-order valence-electron chi connectivity index (χ1n) is 5.47. The second-order valence-electron chi connectivity index (χ2n) is 3.68. The summed E-state index contributed by atoms with van der Waals surface area (Å²) in [5.74, 6) is -1.07. The maximum absolute atomic E-state index is 11.5. The van der Waals surface area contributed by atoms with Crippen LogP contribution < -0.4 is 20.1 Å². The van der Waals surface area contributed by atoms with E-state index in [1.54, 1.807) is 18.2 Å². The summed E-state index contributed by atoms with van der Waals surface area (Å²) >= 11 is 0. The lowest BCUT2D eigenvalue weighted by atomic mass is 10.3. The minimum absolute atomic E-state index is 0.115. The third kappa shape index (κ3) is 3.48. The largest absolute Gasteiger partial charge is 0.478 e. The van der Waals surface area contributed by atoms with Gasteiger partial charge in [-0.2, -0.15) is 0 Å². The van der Waals surface area contributed by atoms with Gasteiger partial charge >= 0.3 is 12.0 Å². The molecule has 1 aliphatic heterocycles. The maximum Gasteiger partial charge on any atom is 0.328 e. The van der Waals surface area contributed by atoms with Crippen LogP contribution in [0.1, 0.15) is 0 Å². The molecule has 0 saturated heterocycles. The topological polar surface area (TPSA) is 114 Å². The van der Waals surface area contributed by atoms with Gasteiger partial charge in [0.05, 0.1) is 0 Å². The minimum atomic E-state index is -1.28. The van der Waals surface area contributed by atoms with Crippen molar-refractivity contribution in [3.05, 3.63) is 30.4 Å². The molecule has 8 nitrogen and oxygen atoms in total. The lowest BCUT2D eigenvalue weighted by Crippen LogP contribution is -2.33. The summed E-state index contributed by atoms with van der Waals surface area (Å²) in [4.78, 5) is 32.8. The van der Waals surface area contributed by atoms with Crippen molar-refractivity contribution in [3.63, 3.8) is 0 Å². The van der Waals surface area contributed by atoms with Crippen LogP contribution in [-0.4, -0.2) is 29.8 Å². The van der Waals surface area contributed by atoms with Gasteiger partial charge in [0.1, 0.15) is 0 Å². The van der Waals surface area contributed by atoms with Crippen LogP contribution in [0.15, 0.2) is 30.4 Å². The van der Waals surface area contributed by atoms with E-state index in [9.17, 15) is 14.4 Å². The van der Waals surface area contributed by atoms with E-state index in [1.807, 2.05) is 5.32 Å². The number of amides is 3. The van der Waals surface area contributed by atoms with Crippen LogP contribution in [0, 0.1) is 0 Å². The molecule has 3 amide bonds. The summed E-state index contributed by atoms with van der Waals surface area (Å²) in [6.07, 6.45) is 1.37. The molecule has 0 bridgehead atoms. The van der Waals surface area contributed by atoms with Crippen molar-refractivity contribution in [2.24, 2.45) is 0 Å². The van der Waals surface area contributed by atoms with Crippen molar-refractivity contribution >= 4 is 23.6 Å². The molecule has 0 saturated carbocycles. The highest BCUT2D eigenvalue weighted by Gasteiger charge is 2.14. The highest BCUT2D eigenvalue weighted by Crippen LogP contribution is 2.34. The fourth-order valence-corrected chi connectivity index (χ4v) is 1.44. The molecule has 0 aromatic heterocycles. The summed E-state index contributed by atoms with van der Waals surface area (Å²) in [5, 5.41) is 12.7. The first-order valence-corrected chi connectivity index (χ1v) is 5.47. The van der Waals surface area contributed by atoms with Gasteiger partial charge in [0, 0.05) is 23.9 Å². The number of nitrogens with one attached hydrogen (secondary N) is 2. The molecule has 0 aliphatic carbocycles. The number of fused-ring (bicyclic) bond motifs is 1. The van der Waals surface area contributed by atoms with E-state index in [0.717, 1.165) is 6.08 Å². The molecule has 3 N–H and O–H groups in total. The Labute approximate surface area is 113 Å². The second-order valence-corrected chi connectivity index (χ2v) is 3.68. The molecule has 0 radical (unpaired) electrons. The van der Waals surface area contributed by atoms with Crippen molar-refractivity contribution in [1.82, 2.24) is 5.32 Å². The number of carbonyl (C=O) groups excluding carboxylic acids is 2. The Morgan fingerprint density at radius 1 is 1.15 bits per heavy atom. The molecule has 0 unspecified atom stereocenters. The lowest BCUT2D eigenvalue weighted by Gasteiger charge is -2.05. The third-order valence-electron chi connectivity index (χ3n) is 2.24. The molecule has 0 atom stereocenters. The van der Waals surface area contributed by atoms with Crippen molar-refractivity contribution in [1.29, 1.82) is 0 Å². The number of hydrogen-bond donors (Lipinski definition) is 3. The Bertz CT molecular complexity index is 596. The van der Waals surface area contributed by atoms with Gasteiger partial charge in [-0.3, -0.25) is 10.1 Å². The molecule has 1 heterocycles. The van der Waals surface area contributed by atoms with Crippen molar-refractivity contribution < 1.29 is 29.0 Å². The van der Waals surface area contributed by atoms with Gasteiger partial charge in [-0.1, -0.05) is 0 Å². The molecule has 0 spiro atoms. The zero-order valence-corrected chi connectivity index (χ0v) is 10.1. The monoisotopic (exact) mass is 278 g/mol. The fraction of sp³-hybridized carbons (Fsp3) is 0.0833. The van der Waals surface area contributed by atoms with Gasteiger partial charge in [0.25, 0.3) is 5.91 Å². The van der Waals surface area contributed by atoms with Crippen LogP contribution in [0.2, 0.25) is 0 Å². The number of carboxylic acid groups (broad SMARTS) is 1. The molecule has 2 rings (SSSR count). The molecule has 1 aromatic rings. The standard InChI is InChI=1S/C12H10N2O6/c15-10(3-4-11(16)17)14-12(18)13-7-1-2-8-9(5-7)20-6-19-8/h1-5H,6H2,(H,16,17)(H2,13,14,15,18)/b4-3+. The van der Waals surface area contributed by atoms with E-state index in [1.165, 1.54) is 0 Å². The fourth-order valence-electron chi connectivity index (χ4n) is 1.44. The number of urea groups is 1. The molecular weight excluding hydrogens is 268 g/mol. The number of carbonyl (C=O) groups is 3. The van der Waals surface area contributed by atoms with E-state index in [0.29, 0.717) is 23.3 Å². The third-order valence-corrected chi connectivity index (χ3v) is 2.24. The van der Waals surface area contributed by atoms with Gasteiger partial charge in [-0.05, 0) is 12.1 Å². The van der Waals surface area contributed by atoms with Gasteiger partial charge in [0.2, 0.25) is 6.79 Å². The van der Waals surface area contributed by atoms with E-state index < -0.39 is 17.9 Å². The Morgan fingerprint density at radius 3 is 2.65 bits per heavy atom. The number of ether oxygens (including phenoxy) is 2. The predicted molar refractivity (Wildman–Crippen MR) is 66.5 cm³/mol. The van der Waals surface area contributed by atoms with Crippen molar-refractivity contribution in [2.45, 2.75) is 0 Å². The van der Waals surface area contributed by atoms with Crippen molar-refractivity contribution in [3.8, 4) is 11.5 Å². The number of anilines is 1. The summed E-state index contributed by atoms with van der Waals surface area (Å²) in [6.45, 7) is 0.115. The lowest BCUT2D eigenvalue weighted by molar-refractivity contribution is -0.131. The molecule has 104 valence electrons. The first-order chi connectivity index (χ1) is 9.54. The average Bonchev–Trinajstić information content (AvgIpc) is 2.83. The molecule has 1 aromatic carbocycles. The summed E-state index contributed by atoms with van der Waals surface area (Å²) in [5.41, 5.74) is 0.404. The zero-order chi connectivity index (χ0) is 14.5. The molecule has 8 heteroatoms. The van der Waals surface area contributed by atoms with Crippen LogP contribution in [0.25, 0.3) is 0 Å². The summed E-state index contributed by atoms with van der Waals surface area (Å²) in [6, 6.07) is 3.94. The van der Waals surface area contributed by atoms with Gasteiger partial charge in [0.15, 0.2) is 11.5 Å². The molecule has 1 aliphatic rings. The number of hydrogen-bond acceptors (Lipinski definition) is 5. The second kappa shape index (κ2) is 5.74. The molecule has 0 fully saturated rings. The summed E-state index contributed by atoms with van der Waals surface area (Å²) < 4.78 is 10.2. The van der Waals surface area contributed by atoms with E-state index in [-0.39, 0.29) is 6.79 Å². The minimum Gasteiger partial charge on any atom is -0.478 e. The molecular formula is C12H10N2O6. The van der Waals surface area contributed by atoms with Crippen LogP contribution in [-0.2, 0) is 9.59 Å². The number of imide groups is 1. The number of carboxylic acids is 1. The maximum atomic E-state index is 11.5. The van der Waals surface area contributed by atoms with Gasteiger partial charge in [-0.15, -0.1) is 0 Å². The SMILES string of the molecule is O=C(O)/C=C/C(=O)NC(=O)Nc1ccc2c(c1)OCO2. The van der Waals surface area contributed by atoms with E-state index in [2.05, 4.69) is 5.32 Å². The van der Waals surface area contributed by atoms with Gasteiger partial charge in [-0.25, -0.2) is 9.59 Å². The normalized spacial score (nSPS) is 12.2. The quantitative estimate of drug-likeness (QED) is 0.701. The van der Waals surface area contributed by atoms with Crippen LogP contribution >= 0.6 is 0 Å². The number of benzene rings is 1. The Balaban J connectivity index is 1.91. The van der Waals surface area contributed by atoms with Crippen LogP contribution in [0.3, 0.4) is 0 Å². The van der Waals surface area contributed by atoms with Gasteiger partial charge < -0.3 is 19.9 Å². The Morgan fingerprint density at radius 2 is 1.90 bits per heavy atom. The first kappa shape index (κ1) is 13.4. The van der Waals surface area contributed by atoms with E-state index in [4.69, 9.17) is 14.6 Å². The summed E-state index contributed by atoms with van der Waals surface area (Å²) in [7, 11) is 0. The predicted octanol–water partition coefficient (Wildman–Crippen LogP) is 0.704. The van der Waals surface area contributed by atoms with Crippen LogP contribution in [0.5, 0.6) is 11.5 Å². The molecule has 20 heavy (non-hydrogen) atoms. The highest BCUT2D eigenvalue weighted by atomic mass is 16.7. The Kier molecular flexibility index (Phi) is 3.85. The Hall–Kier alpha value is -3.03. The van der Waals surface area contributed by atoms with E-state index >= 15 is 0 Å². The van der Waals surface area contributed by atoms with Crippen molar-refractivity contribution in [2.75, 3.05) is 12.1 Å². The highest BCUT2D eigenvalue weighted by molar-refractivity contribution is 6.06. The average molecular weight is 278 g/mol. The van der Waals surface area contributed by atoms with Crippen LogP contribution in [0.4, 0.5) is 10.5 Å².